The molecular formula is C23H26N2O3. The van der Waals surface area contributed by atoms with Crippen molar-refractivity contribution in [1.29, 1.82) is 0 Å². The second-order valence-corrected chi connectivity index (χ2v) is 7.02. The Labute approximate surface area is 165 Å². The molecule has 3 aromatic rings. The van der Waals surface area contributed by atoms with Gasteiger partial charge in [-0.2, -0.15) is 0 Å². The molecule has 28 heavy (non-hydrogen) atoms. The summed E-state index contributed by atoms with van der Waals surface area (Å²) in [5.74, 6) is 0.623. The van der Waals surface area contributed by atoms with Gasteiger partial charge in [0.15, 0.2) is 0 Å². The minimum absolute atomic E-state index is 0.0838. The van der Waals surface area contributed by atoms with E-state index in [1.807, 2.05) is 31.2 Å². The van der Waals surface area contributed by atoms with Crippen LogP contribution in [0.3, 0.4) is 0 Å². The lowest BCUT2D eigenvalue weighted by molar-refractivity contribution is 0.0740. The average Bonchev–Trinajstić information content (AvgIpc) is 2.71. The highest BCUT2D eigenvalue weighted by molar-refractivity contribution is 5.94. The molecule has 1 aromatic heterocycles. The molecule has 0 unspecified atom stereocenters. The number of carbonyl (C=O) groups is 1. The molecular weight excluding hydrogens is 352 g/mol. The van der Waals surface area contributed by atoms with E-state index in [1.54, 1.807) is 36.3 Å². The average molecular weight is 378 g/mol. The fourth-order valence-electron chi connectivity index (χ4n) is 3.20. The van der Waals surface area contributed by atoms with E-state index < -0.39 is 0 Å². The van der Waals surface area contributed by atoms with Crippen LogP contribution in [0.2, 0.25) is 0 Å². The summed E-state index contributed by atoms with van der Waals surface area (Å²) in [4.78, 5) is 30.3. The maximum absolute atomic E-state index is 13.0. The first kappa shape index (κ1) is 19.7. The number of hydrogen-bond donors (Lipinski definition) is 1. The third-order valence-electron chi connectivity index (χ3n) is 4.85. The summed E-state index contributed by atoms with van der Waals surface area (Å²) in [6.07, 6.45) is 1.85. The normalized spacial score (nSPS) is 10.8. The molecule has 5 nitrogen and oxygen atoms in total. The maximum atomic E-state index is 13.0. The summed E-state index contributed by atoms with van der Waals surface area (Å²) in [5.41, 5.74) is 2.94. The zero-order valence-corrected chi connectivity index (χ0v) is 16.6. The highest BCUT2D eigenvalue weighted by atomic mass is 16.5. The van der Waals surface area contributed by atoms with Crippen molar-refractivity contribution in [2.24, 2.45) is 0 Å². The third kappa shape index (κ3) is 4.42. The van der Waals surface area contributed by atoms with Gasteiger partial charge < -0.3 is 14.6 Å². The molecule has 5 heteroatoms. The Hall–Kier alpha value is -3.08. The topological polar surface area (TPSA) is 62.4 Å². The fourth-order valence-corrected chi connectivity index (χ4v) is 3.20. The minimum Gasteiger partial charge on any atom is -0.497 e. The number of methoxy groups -OCH3 is 1. The molecule has 1 amide bonds. The van der Waals surface area contributed by atoms with Crippen molar-refractivity contribution in [2.45, 2.75) is 33.2 Å². The minimum atomic E-state index is -0.151. The van der Waals surface area contributed by atoms with Crippen LogP contribution < -0.4 is 10.3 Å². The number of carbonyl (C=O) groups excluding carboxylic acids is 1. The number of benzene rings is 2. The predicted molar refractivity (Wildman–Crippen MR) is 112 cm³/mol. The number of pyridine rings is 1. The van der Waals surface area contributed by atoms with Gasteiger partial charge in [-0.1, -0.05) is 25.5 Å². The van der Waals surface area contributed by atoms with Crippen LogP contribution in [0.25, 0.3) is 10.9 Å². The van der Waals surface area contributed by atoms with Crippen molar-refractivity contribution in [1.82, 2.24) is 9.88 Å². The van der Waals surface area contributed by atoms with Crippen LogP contribution >= 0.6 is 0 Å². The Kier molecular flexibility index (Phi) is 6.14. The molecule has 2 aromatic carbocycles. The quantitative estimate of drug-likeness (QED) is 0.667. The van der Waals surface area contributed by atoms with Gasteiger partial charge in [-0.3, -0.25) is 9.59 Å². The number of H-pyrrole nitrogens is 1. The van der Waals surface area contributed by atoms with Gasteiger partial charge in [-0.25, -0.2) is 0 Å². The molecule has 0 saturated carbocycles. The van der Waals surface area contributed by atoms with Crippen molar-refractivity contribution in [2.75, 3.05) is 13.7 Å². The van der Waals surface area contributed by atoms with Gasteiger partial charge in [0.2, 0.25) is 0 Å². The van der Waals surface area contributed by atoms with Crippen molar-refractivity contribution in [3.8, 4) is 5.75 Å². The first-order valence-corrected chi connectivity index (χ1v) is 9.57. The Bertz CT molecular complexity index is 1020. The van der Waals surface area contributed by atoms with Crippen LogP contribution in [-0.2, 0) is 6.54 Å². The maximum Gasteiger partial charge on any atom is 0.254 e. The number of rotatable bonds is 7. The van der Waals surface area contributed by atoms with E-state index in [2.05, 4.69) is 11.9 Å². The van der Waals surface area contributed by atoms with Gasteiger partial charge in [0.05, 0.1) is 13.7 Å². The number of fused-ring (bicyclic) bond motifs is 1. The van der Waals surface area contributed by atoms with Gasteiger partial charge >= 0.3 is 0 Å². The molecule has 3 rings (SSSR count). The summed E-state index contributed by atoms with van der Waals surface area (Å²) in [6, 6.07) is 14.9. The van der Waals surface area contributed by atoms with Crippen LogP contribution in [0.5, 0.6) is 5.75 Å². The SMILES string of the molecule is CCCCN(Cc1cc2ccc(C)cc2[nH]c1=O)C(=O)c1ccc(OC)cc1. The zero-order chi connectivity index (χ0) is 20.1. The Morgan fingerprint density at radius 2 is 1.86 bits per heavy atom. The molecule has 0 radical (unpaired) electrons. The van der Waals surface area contributed by atoms with E-state index in [0.29, 0.717) is 23.4 Å². The largest absolute Gasteiger partial charge is 0.497 e. The van der Waals surface area contributed by atoms with E-state index in [9.17, 15) is 9.59 Å². The van der Waals surface area contributed by atoms with Gasteiger partial charge in [-0.15, -0.1) is 0 Å². The number of ether oxygens (including phenoxy) is 1. The molecule has 0 spiro atoms. The molecule has 0 saturated heterocycles. The summed E-state index contributed by atoms with van der Waals surface area (Å²) in [5, 5.41) is 0.965. The lowest BCUT2D eigenvalue weighted by atomic mass is 10.1. The Morgan fingerprint density at radius 3 is 2.54 bits per heavy atom. The van der Waals surface area contributed by atoms with Crippen molar-refractivity contribution < 1.29 is 9.53 Å². The zero-order valence-electron chi connectivity index (χ0n) is 16.6. The molecule has 1 N–H and O–H groups in total. The Morgan fingerprint density at radius 1 is 1.11 bits per heavy atom. The lowest BCUT2D eigenvalue weighted by Crippen LogP contribution is -2.33. The third-order valence-corrected chi connectivity index (χ3v) is 4.85. The number of unbranched alkanes of at least 4 members (excludes halogenated alkanes) is 1. The smallest absolute Gasteiger partial charge is 0.254 e. The van der Waals surface area contributed by atoms with Crippen molar-refractivity contribution in [3.05, 3.63) is 75.6 Å². The predicted octanol–water partition coefficient (Wildman–Crippen LogP) is 4.29. The lowest BCUT2D eigenvalue weighted by Gasteiger charge is -2.23. The van der Waals surface area contributed by atoms with E-state index >= 15 is 0 Å². The monoisotopic (exact) mass is 378 g/mol. The molecule has 0 fully saturated rings. The number of aryl methyl sites for hydroxylation is 1. The Balaban J connectivity index is 1.90. The van der Waals surface area contributed by atoms with Gasteiger partial charge in [0.1, 0.15) is 5.75 Å². The molecule has 0 bridgehead atoms. The second-order valence-electron chi connectivity index (χ2n) is 7.02. The molecule has 0 aliphatic rings. The number of aromatic amines is 1. The highest BCUT2D eigenvalue weighted by Crippen LogP contribution is 2.17. The number of aromatic nitrogens is 1. The first-order valence-electron chi connectivity index (χ1n) is 9.57. The van der Waals surface area contributed by atoms with E-state index in [1.165, 1.54) is 0 Å². The number of hydrogen-bond acceptors (Lipinski definition) is 3. The molecule has 0 aliphatic heterocycles. The highest BCUT2D eigenvalue weighted by Gasteiger charge is 2.17. The van der Waals surface area contributed by atoms with Crippen LogP contribution in [0.15, 0.2) is 53.3 Å². The summed E-state index contributed by atoms with van der Waals surface area (Å²) < 4.78 is 5.16. The van der Waals surface area contributed by atoms with E-state index in [-0.39, 0.29) is 18.0 Å². The van der Waals surface area contributed by atoms with Crippen molar-refractivity contribution in [3.63, 3.8) is 0 Å². The molecule has 1 heterocycles. The summed E-state index contributed by atoms with van der Waals surface area (Å²) in [7, 11) is 1.60. The van der Waals surface area contributed by atoms with Crippen LogP contribution in [-0.4, -0.2) is 29.4 Å². The van der Waals surface area contributed by atoms with Gasteiger partial charge in [0.25, 0.3) is 11.5 Å². The van der Waals surface area contributed by atoms with E-state index in [0.717, 1.165) is 29.3 Å². The van der Waals surface area contributed by atoms with Gasteiger partial charge in [-0.05, 0) is 60.7 Å². The van der Waals surface area contributed by atoms with Gasteiger partial charge in [0, 0.05) is 23.2 Å². The molecule has 146 valence electrons. The first-order chi connectivity index (χ1) is 13.5. The molecule has 0 aliphatic carbocycles. The summed E-state index contributed by atoms with van der Waals surface area (Å²) in [6.45, 7) is 4.96. The fraction of sp³-hybridized carbons (Fsp3) is 0.304. The van der Waals surface area contributed by atoms with Crippen LogP contribution in [0.1, 0.15) is 41.3 Å². The van der Waals surface area contributed by atoms with Crippen LogP contribution in [0.4, 0.5) is 0 Å². The number of nitrogens with one attached hydrogen (secondary N) is 1. The standard InChI is InChI=1S/C23H26N2O3/c1-4-5-12-25(23(27)17-8-10-20(28-3)11-9-17)15-19-14-18-7-6-16(2)13-21(18)24-22(19)26/h6-11,13-14H,4-5,12,15H2,1-3H3,(H,24,26). The molecule has 0 atom stereocenters. The summed E-state index contributed by atoms with van der Waals surface area (Å²) >= 11 is 0. The number of nitrogens with zero attached hydrogens (tertiary/aromatic N) is 1. The van der Waals surface area contributed by atoms with Crippen molar-refractivity contribution >= 4 is 16.8 Å². The van der Waals surface area contributed by atoms with E-state index in [4.69, 9.17) is 4.74 Å². The second kappa shape index (κ2) is 8.74. The number of amides is 1. The van der Waals surface area contributed by atoms with Crippen LogP contribution in [0, 0.1) is 6.92 Å².